The molecule has 0 aliphatic rings. The average Bonchev–Trinajstić information content (AvgIpc) is 3.29. The van der Waals surface area contributed by atoms with E-state index in [4.69, 9.17) is 19.7 Å². The Morgan fingerprint density at radius 1 is 0.862 bits per heavy atom. The summed E-state index contributed by atoms with van der Waals surface area (Å²) in [5.74, 6) is -0.454. The summed E-state index contributed by atoms with van der Waals surface area (Å²) in [4.78, 5) is 24.3. The maximum Gasteiger partial charge on any atom is 0.352 e. The average molecular weight is 396 g/mol. The second kappa shape index (κ2) is 7.97. The van der Waals surface area contributed by atoms with Gasteiger partial charge in [-0.05, 0) is 36.4 Å². The minimum Gasteiger partial charge on any atom is -0.497 e. The SMILES string of the molecule is COc1ccc2cc(C(=O)O)[nH]c2c1.COc1ccc2cc(C(=O)O)n(C)c2c1. The first-order chi connectivity index (χ1) is 13.8. The zero-order chi connectivity index (χ0) is 21.1. The van der Waals surface area contributed by atoms with Gasteiger partial charge in [-0.15, -0.1) is 0 Å². The van der Waals surface area contributed by atoms with Gasteiger partial charge in [-0.2, -0.15) is 0 Å². The monoisotopic (exact) mass is 396 g/mol. The van der Waals surface area contributed by atoms with Crippen LogP contribution in [0.25, 0.3) is 21.8 Å². The maximum absolute atomic E-state index is 10.9. The van der Waals surface area contributed by atoms with Crippen LogP contribution >= 0.6 is 0 Å². The second-order valence-corrected chi connectivity index (χ2v) is 6.26. The second-order valence-electron chi connectivity index (χ2n) is 6.26. The number of carbonyl (C=O) groups is 2. The van der Waals surface area contributed by atoms with Crippen molar-refractivity contribution in [2.45, 2.75) is 0 Å². The van der Waals surface area contributed by atoms with E-state index < -0.39 is 11.9 Å². The lowest BCUT2D eigenvalue weighted by atomic mass is 10.2. The lowest BCUT2D eigenvalue weighted by Crippen LogP contribution is -2.03. The highest BCUT2D eigenvalue weighted by molar-refractivity contribution is 5.95. The Morgan fingerprint density at radius 3 is 2.07 bits per heavy atom. The van der Waals surface area contributed by atoms with E-state index in [-0.39, 0.29) is 11.4 Å². The first-order valence-corrected chi connectivity index (χ1v) is 8.61. The molecule has 8 nitrogen and oxygen atoms in total. The van der Waals surface area contributed by atoms with Gasteiger partial charge in [0, 0.05) is 35.5 Å². The molecule has 29 heavy (non-hydrogen) atoms. The van der Waals surface area contributed by atoms with E-state index in [0.29, 0.717) is 5.75 Å². The lowest BCUT2D eigenvalue weighted by molar-refractivity contribution is 0.0678. The summed E-state index contributed by atoms with van der Waals surface area (Å²) in [6.07, 6.45) is 0. The molecule has 0 atom stereocenters. The van der Waals surface area contributed by atoms with Crippen molar-refractivity contribution in [3.63, 3.8) is 0 Å². The van der Waals surface area contributed by atoms with E-state index in [1.807, 2.05) is 24.3 Å². The molecule has 3 N–H and O–H groups in total. The number of ether oxygens (including phenoxy) is 2. The zero-order valence-corrected chi connectivity index (χ0v) is 16.1. The molecule has 0 aliphatic carbocycles. The number of aryl methyl sites for hydroxylation is 1. The van der Waals surface area contributed by atoms with Gasteiger partial charge in [0.05, 0.1) is 19.7 Å². The van der Waals surface area contributed by atoms with Gasteiger partial charge in [0.25, 0.3) is 0 Å². The molecule has 4 rings (SSSR count). The summed E-state index contributed by atoms with van der Waals surface area (Å²) in [5.41, 5.74) is 2.08. The molecular weight excluding hydrogens is 376 g/mol. The standard InChI is InChI=1S/C11H11NO3.C10H9NO3/c1-12-9-6-8(15-2)4-3-7(9)5-10(12)11(13)14;1-14-7-3-2-6-4-9(10(12)13)11-8(6)5-7/h3-6H,1-2H3,(H,13,14);2-5,11H,1H3,(H,12,13). The third-order valence-corrected chi connectivity index (χ3v) is 4.53. The van der Waals surface area contributed by atoms with E-state index in [9.17, 15) is 9.59 Å². The number of nitrogens with one attached hydrogen (secondary N) is 1. The van der Waals surface area contributed by atoms with Crippen LogP contribution in [0.15, 0.2) is 48.5 Å². The Balaban J connectivity index is 0.000000166. The number of carboxylic acids is 2. The molecule has 0 fully saturated rings. The van der Waals surface area contributed by atoms with Crippen LogP contribution in [0.1, 0.15) is 21.0 Å². The number of fused-ring (bicyclic) bond motifs is 2. The van der Waals surface area contributed by atoms with Gasteiger partial charge in [0.1, 0.15) is 22.9 Å². The van der Waals surface area contributed by atoms with Crippen LogP contribution in [0.5, 0.6) is 11.5 Å². The number of benzene rings is 2. The number of H-pyrrole nitrogens is 1. The van der Waals surface area contributed by atoms with Gasteiger partial charge < -0.3 is 29.2 Å². The van der Waals surface area contributed by atoms with Crippen LogP contribution in [0.4, 0.5) is 0 Å². The van der Waals surface area contributed by atoms with Crippen molar-refractivity contribution in [2.24, 2.45) is 7.05 Å². The van der Waals surface area contributed by atoms with Crippen LogP contribution < -0.4 is 9.47 Å². The Kier molecular flexibility index (Phi) is 5.45. The number of aromatic amines is 1. The zero-order valence-electron chi connectivity index (χ0n) is 16.1. The molecule has 0 aliphatic heterocycles. The Labute approximate surface area is 165 Å². The highest BCUT2D eigenvalue weighted by Gasteiger charge is 2.12. The lowest BCUT2D eigenvalue weighted by Gasteiger charge is -2.01. The van der Waals surface area contributed by atoms with Crippen molar-refractivity contribution in [2.75, 3.05) is 14.2 Å². The Bertz CT molecular complexity index is 1200. The van der Waals surface area contributed by atoms with Gasteiger partial charge in [-0.1, -0.05) is 0 Å². The first kappa shape index (κ1) is 19.8. The van der Waals surface area contributed by atoms with Gasteiger partial charge in [0.2, 0.25) is 0 Å². The normalized spacial score (nSPS) is 10.4. The molecule has 2 heterocycles. The smallest absolute Gasteiger partial charge is 0.352 e. The number of aromatic carboxylic acids is 2. The summed E-state index contributed by atoms with van der Waals surface area (Å²) in [6.45, 7) is 0. The van der Waals surface area contributed by atoms with Gasteiger partial charge in [-0.25, -0.2) is 9.59 Å². The molecule has 4 aromatic rings. The summed E-state index contributed by atoms with van der Waals surface area (Å²) in [5, 5.41) is 19.5. The minimum atomic E-state index is -0.958. The van der Waals surface area contributed by atoms with Gasteiger partial charge in [0.15, 0.2) is 0 Å². The molecule has 2 aromatic carbocycles. The fourth-order valence-corrected chi connectivity index (χ4v) is 2.99. The van der Waals surface area contributed by atoms with E-state index in [1.54, 1.807) is 50.1 Å². The summed E-state index contributed by atoms with van der Waals surface area (Å²) in [7, 11) is 4.88. The minimum absolute atomic E-state index is 0.188. The quantitative estimate of drug-likeness (QED) is 0.484. The van der Waals surface area contributed by atoms with Crippen molar-refractivity contribution in [1.29, 1.82) is 0 Å². The molecule has 0 bridgehead atoms. The van der Waals surface area contributed by atoms with Crippen molar-refractivity contribution in [1.82, 2.24) is 9.55 Å². The number of methoxy groups -OCH3 is 2. The Morgan fingerprint density at radius 2 is 1.48 bits per heavy atom. The van der Waals surface area contributed by atoms with Crippen LogP contribution in [-0.4, -0.2) is 45.9 Å². The number of nitrogens with zero attached hydrogens (tertiary/aromatic N) is 1. The highest BCUT2D eigenvalue weighted by atomic mass is 16.5. The van der Waals surface area contributed by atoms with E-state index in [2.05, 4.69) is 4.98 Å². The molecule has 0 radical (unpaired) electrons. The van der Waals surface area contributed by atoms with Crippen molar-refractivity contribution in [3.8, 4) is 11.5 Å². The number of aromatic nitrogens is 2. The van der Waals surface area contributed by atoms with Crippen LogP contribution in [0.2, 0.25) is 0 Å². The molecule has 0 saturated heterocycles. The maximum atomic E-state index is 10.9. The summed E-state index contributed by atoms with van der Waals surface area (Å²) in [6, 6.07) is 14.1. The number of carboxylic acid groups (broad SMARTS) is 2. The van der Waals surface area contributed by atoms with Crippen molar-refractivity contribution < 1.29 is 29.3 Å². The number of rotatable bonds is 4. The number of hydrogen-bond donors (Lipinski definition) is 3. The van der Waals surface area contributed by atoms with E-state index >= 15 is 0 Å². The van der Waals surface area contributed by atoms with Crippen LogP contribution in [0, 0.1) is 0 Å². The van der Waals surface area contributed by atoms with Crippen LogP contribution in [0.3, 0.4) is 0 Å². The molecular formula is C21H20N2O6. The van der Waals surface area contributed by atoms with E-state index in [0.717, 1.165) is 27.6 Å². The van der Waals surface area contributed by atoms with Crippen molar-refractivity contribution >= 4 is 33.7 Å². The third-order valence-electron chi connectivity index (χ3n) is 4.53. The van der Waals surface area contributed by atoms with Crippen molar-refractivity contribution in [3.05, 3.63) is 59.9 Å². The molecule has 2 aromatic heterocycles. The highest BCUT2D eigenvalue weighted by Crippen LogP contribution is 2.23. The molecule has 8 heteroatoms. The first-order valence-electron chi connectivity index (χ1n) is 8.61. The molecule has 150 valence electrons. The number of hydrogen-bond acceptors (Lipinski definition) is 4. The fourth-order valence-electron chi connectivity index (χ4n) is 2.99. The Hall–Kier alpha value is -3.94. The molecule has 0 amide bonds. The fraction of sp³-hybridized carbons (Fsp3) is 0.143. The molecule has 0 saturated carbocycles. The predicted octanol–water partition coefficient (Wildman–Crippen LogP) is 3.76. The van der Waals surface area contributed by atoms with E-state index in [1.165, 1.54) is 0 Å². The molecule has 0 unspecified atom stereocenters. The van der Waals surface area contributed by atoms with Gasteiger partial charge in [-0.3, -0.25) is 0 Å². The predicted molar refractivity (Wildman–Crippen MR) is 108 cm³/mol. The third kappa shape index (κ3) is 4.01. The summed E-state index contributed by atoms with van der Waals surface area (Å²) < 4.78 is 11.7. The summed E-state index contributed by atoms with van der Waals surface area (Å²) >= 11 is 0. The topological polar surface area (TPSA) is 114 Å². The van der Waals surface area contributed by atoms with Gasteiger partial charge >= 0.3 is 11.9 Å². The molecule has 0 spiro atoms. The van der Waals surface area contributed by atoms with Crippen LogP contribution in [-0.2, 0) is 7.05 Å². The largest absolute Gasteiger partial charge is 0.497 e.